The van der Waals surface area contributed by atoms with Crippen LogP contribution in [0.3, 0.4) is 0 Å². The molecule has 5 heteroatoms. The second-order valence-corrected chi connectivity index (χ2v) is 4.20. The van der Waals surface area contributed by atoms with E-state index in [9.17, 15) is 4.39 Å². The van der Waals surface area contributed by atoms with E-state index < -0.39 is 6.10 Å². The van der Waals surface area contributed by atoms with E-state index in [1.165, 1.54) is 6.07 Å². The molecule has 0 aliphatic rings. The molecule has 0 saturated carbocycles. The highest BCUT2D eigenvalue weighted by Gasteiger charge is 2.04. The normalized spacial score (nSPS) is 12.6. The molecule has 0 spiro atoms. The van der Waals surface area contributed by atoms with Crippen LogP contribution in [0.5, 0.6) is 5.75 Å². The lowest BCUT2D eigenvalue weighted by Gasteiger charge is -2.09. The molecular weight excluding hydrogens is 319 g/mol. The van der Waals surface area contributed by atoms with E-state index in [4.69, 9.17) is 9.84 Å². The van der Waals surface area contributed by atoms with Gasteiger partial charge in [-0.1, -0.05) is 15.9 Å². The predicted molar refractivity (Wildman–Crippen MR) is 59.4 cm³/mol. The zero-order valence-corrected chi connectivity index (χ0v) is 10.4. The molecule has 0 saturated heterocycles. The summed E-state index contributed by atoms with van der Waals surface area (Å²) in [4.78, 5) is 0. The fraction of sp³-hybridized carbons (Fsp3) is 0.333. The van der Waals surface area contributed by atoms with Gasteiger partial charge in [-0.3, -0.25) is 0 Å². The van der Waals surface area contributed by atoms with Crippen molar-refractivity contribution in [2.24, 2.45) is 0 Å². The summed E-state index contributed by atoms with van der Waals surface area (Å²) in [5.74, 6) is 0.0292. The van der Waals surface area contributed by atoms with Crippen LogP contribution in [0.4, 0.5) is 4.39 Å². The van der Waals surface area contributed by atoms with Crippen molar-refractivity contribution in [2.75, 3.05) is 11.9 Å². The average molecular weight is 328 g/mol. The Morgan fingerprint density at radius 2 is 2.21 bits per heavy atom. The molecule has 0 aliphatic heterocycles. The highest BCUT2D eigenvalue weighted by molar-refractivity contribution is 9.10. The first-order chi connectivity index (χ1) is 6.63. The third kappa shape index (κ3) is 3.55. The van der Waals surface area contributed by atoms with Crippen LogP contribution in [0.1, 0.15) is 0 Å². The van der Waals surface area contributed by atoms with Crippen molar-refractivity contribution in [3.8, 4) is 5.75 Å². The third-order valence-electron chi connectivity index (χ3n) is 1.51. The fourth-order valence-corrected chi connectivity index (χ4v) is 1.24. The molecular formula is C9H9Br2FO2. The molecule has 0 aliphatic carbocycles. The zero-order chi connectivity index (χ0) is 10.6. The highest BCUT2D eigenvalue weighted by Crippen LogP contribution is 2.20. The summed E-state index contributed by atoms with van der Waals surface area (Å²) < 4.78 is 18.5. The predicted octanol–water partition coefficient (Wildman–Crippen LogP) is 2.72. The summed E-state index contributed by atoms with van der Waals surface area (Å²) in [6.07, 6.45) is -0.582. The smallest absolute Gasteiger partial charge is 0.141 e. The van der Waals surface area contributed by atoms with Gasteiger partial charge >= 0.3 is 0 Å². The SMILES string of the molecule is OC(CBr)COc1ccc(Br)c(F)c1. The van der Waals surface area contributed by atoms with E-state index in [-0.39, 0.29) is 12.4 Å². The van der Waals surface area contributed by atoms with Crippen molar-refractivity contribution in [2.45, 2.75) is 6.10 Å². The maximum atomic E-state index is 13.0. The molecule has 1 N–H and O–H groups in total. The van der Waals surface area contributed by atoms with Gasteiger partial charge in [-0.25, -0.2) is 4.39 Å². The van der Waals surface area contributed by atoms with E-state index >= 15 is 0 Å². The lowest BCUT2D eigenvalue weighted by molar-refractivity contribution is 0.127. The summed E-state index contributed by atoms with van der Waals surface area (Å²) in [5.41, 5.74) is 0. The van der Waals surface area contributed by atoms with Crippen LogP contribution >= 0.6 is 31.9 Å². The standard InChI is InChI=1S/C9H9Br2FO2/c10-4-6(13)5-14-7-1-2-8(11)9(12)3-7/h1-3,6,13H,4-5H2. The number of benzene rings is 1. The second-order valence-electron chi connectivity index (χ2n) is 2.70. The largest absolute Gasteiger partial charge is 0.491 e. The summed E-state index contributed by atoms with van der Waals surface area (Å²) in [5, 5.41) is 9.60. The van der Waals surface area contributed by atoms with Gasteiger partial charge in [0.2, 0.25) is 0 Å². The Balaban J connectivity index is 2.55. The Labute approximate surface area is 98.3 Å². The summed E-state index contributed by atoms with van der Waals surface area (Å²) in [6, 6.07) is 4.46. The highest BCUT2D eigenvalue weighted by atomic mass is 79.9. The fourth-order valence-electron chi connectivity index (χ4n) is 0.804. The lowest BCUT2D eigenvalue weighted by atomic mass is 10.3. The maximum Gasteiger partial charge on any atom is 0.141 e. The van der Waals surface area contributed by atoms with Gasteiger partial charge in [0.25, 0.3) is 0 Å². The molecule has 0 aromatic heterocycles. The van der Waals surface area contributed by atoms with E-state index in [0.717, 1.165) is 0 Å². The number of aliphatic hydroxyl groups is 1. The minimum absolute atomic E-state index is 0.145. The van der Waals surface area contributed by atoms with Crippen molar-refractivity contribution < 1.29 is 14.2 Å². The van der Waals surface area contributed by atoms with E-state index in [1.807, 2.05) is 0 Å². The van der Waals surface area contributed by atoms with Crippen LogP contribution in [0.15, 0.2) is 22.7 Å². The molecule has 1 aromatic carbocycles. The maximum absolute atomic E-state index is 13.0. The quantitative estimate of drug-likeness (QED) is 0.862. The van der Waals surface area contributed by atoms with Gasteiger partial charge in [0.15, 0.2) is 0 Å². The van der Waals surface area contributed by atoms with E-state index in [2.05, 4.69) is 31.9 Å². The molecule has 0 bridgehead atoms. The number of halogens is 3. The molecule has 0 amide bonds. The first kappa shape index (κ1) is 11.9. The van der Waals surface area contributed by atoms with Crippen molar-refractivity contribution in [3.63, 3.8) is 0 Å². The third-order valence-corrected chi connectivity index (χ3v) is 2.90. The van der Waals surface area contributed by atoms with Crippen LogP contribution in [0, 0.1) is 5.82 Å². The van der Waals surface area contributed by atoms with Crippen LogP contribution in [0.2, 0.25) is 0 Å². The molecule has 0 radical (unpaired) electrons. The first-order valence-electron chi connectivity index (χ1n) is 3.95. The number of ether oxygens (including phenoxy) is 1. The molecule has 0 heterocycles. The number of aliphatic hydroxyl groups excluding tert-OH is 1. The van der Waals surface area contributed by atoms with E-state index in [1.54, 1.807) is 12.1 Å². The van der Waals surface area contributed by atoms with Crippen LogP contribution < -0.4 is 4.74 Å². The molecule has 1 atom stereocenters. The number of alkyl halides is 1. The molecule has 2 nitrogen and oxygen atoms in total. The van der Waals surface area contributed by atoms with Gasteiger partial charge in [0.1, 0.15) is 18.2 Å². The van der Waals surface area contributed by atoms with Crippen molar-refractivity contribution in [1.82, 2.24) is 0 Å². The summed E-state index contributed by atoms with van der Waals surface area (Å²) >= 11 is 6.14. The van der Waals surface area contributed by atoms with Gasteiger partial charge in [0, 0.05) is 11.4 Å². The summed E-state index contributed by atoms with van der Waals surface area (Å²) in [6.45, 7) is 0.145. The molecule has 78 valence electrons. The number of hydrogen-bond acceptors (Lipinski definition) is 2. The Kier molecular flexibility index (Phi) is 4.84. The number of rotatable bonds is 4. The Bertz CT molecular complexity index is 307. The monoisotopic (exact) mass is 326 g/mol. The van der Waals surface area contributed by atoms with Crippen LogP contribution in [-0.2, 0) is 0 Å². The van der Waals surface area contributed by atoms with Crippen molar-refractivity contribution >= 4 is 31.9 Å². The minimum Gasteiger partial charge on any atom is -0.491 e. The second kappa shape index (κ2) is 5.68. The lowest BCUT2D eigenvalue weighted by Crippen LogP contribution is -2.18. The molecule has 0 fully saturated rings. The Hall–Kier alpha value is -0.130. The van der Waals surface area contributed by atoms with Crippen LogP contribution in [-0.4, -0.2) is 23.1 Å². The molecule has 1 aromatic rings. The minimum atomic E-state index is -0.582. The molecule has 14 heavy (non-hydrogen) atoms. The summed E-state index contributed by atoms with van der Waals surface area (Å²) in [7, 11) is 0. The van der Waals surface area contributed by atoms with Crippen LogP contribution in [0.25, 0.3) is 0 Å². The first-order valence-corrected chi connectivity index (χ1v) is 5.87. The zero-order valence-electron chi connectivity index (χ0n) is 7.21. The number of hydrogen-bond donors (Lipinski definition) is 1. The van der Waals surface area contributed by atoms with Gasteiger partial charge in [-0.05, 0) is 28.1 Å². The van der Waals surface area contributed by atoms with E-state index in [0.29, 0.717) is 15.6 Å². The molecule has 1 unspecified atom stereocenters. The van der Waals surface area contributed by atoms with Crippen molar-refractivity contribution in [3.05, 3.63) is 28.5 Å². The Morgan fingerprint density at radius 1 is 1.50 bits per heavy atom. The van der Waals surface area contributed by atoms with Gasteiger partial charge in [0.05, 0.1) is 10.6 Å². The topological polar surface area (TPSA) is 29.5 Å². The van der Waals surface area contributed by atoms with Gasteiger partial charge in [-0.15, -0.1) is 0 Å². The molecule has 1 rings (SSSR count). The van der Waals surface area contributed by atoms with Gasteiger partial charge < -0.3 is 9.84 Å². The van der Waals surface area contributed by atoms with Crippen molar-refractivity contribution in [1.29, 1.82) is 0 Å². The average Bonchev–Trinajstić information content (AvgIpc) is 2.19. The Morgan fingerprint density at radius 3 is 2.79 bits per heavy atom. The van der Waals surface area contributed by atoms with Gasteiger partial charge in [-0.2, -0.15) is 0 Å².